The Labute approximate surface area is 179 Å². The molecule has 3 rings (SSSR count). The van der Waals surface area contributed by atoms with Crippen LogP contribution in [0.4, 0.5) is 10.1 Å². The maximum Gasteiger partial charge on any atom is 0.147 e. The minimum Gasteiger partial charge on any atom is -0.400 e. The molecule has 0 fully saturated rings. The molecule has 0 bridgehead atoms. The summed E-state index contributed by atoms with van der Waals surface area (Å²) >= 11 is 0. The monoisotopic (exact) mass is 409 g/mol. The number of nitrogens with zero attached hydrogens (tertiary/aromatic N) is 1. The first-order chi connectivity index (χ1) is 14.2. The summed E-state index contributed by atoms with van der Waals surface area (Å²) in [5.41, 5.74) is 6.12. The van der Waals surface area contributed by atoms with Crippen molar-refractivity contribution in [2.45, 2.75) is 46.0 Å². The molecule has 1 atom stereocenters. The summed E-state index contributed by atoms with van der Waals surface area (Å²) in [6.07, 6.45) is 2.94. The van der Waals surface area contributed by atoms with Crippen LogP contribution in [-0.2, 0) is 10.2 Å². The number of anilines is 1. The molecular weight excluding hydrogens is 377 g/mol. The summed E-state index contributed by atoms with van der Waals surface area (Å²) in [7, 11) is 2.88. The van der Waals surface area contributed by atoms with Crippen LogP contribution in [0.5, 0.6) is 0 Å². The third-order valence-electron chi connectivity index (χ3n) is 6.30. The molecule has 0 heterocycles. The van der Waals surface area contributed by atoms with Gasteiger partial charge in [-0.3, -0.25) is 4.79 Å². The SMILES string of the molecule is C=CC1=C(N(C)c2c(C)cccc2F)C[C@](C(C)=O)(c2cccc(C)c2C)C1.CO. The second-order valence-corrected chi connectivity index (χ2v) is 7.88. The lowest BCUT2D eigenvalue weighted by Gasteiger charge is -2.31. The Bertz CT molecular complexity index is 972. The Morgan fingerprint density at radius 3 is 2.27 bits per heavy atom. The van der Waals surface area contributed by atoms with Crippen molar-refractivity contribution in [3.8, 4) is 0 Å². The van der Waals surface area contributed by atoms with Crippen molar-refractivity contribution in [3.63, 3.8) is 0 Å². The third kappa shape index (κ3) is 3.97. The number of Topliss-reactive ketones (excluding diaryl/α,β-unsaturated/α-hetero) is 1. The predicted molar refractivity (Wildman–Crippen MR) is 122 cm³/mol. The lowest BCUT2D eigenvalue weighted by molar-refractivity contribution is -0.122. The molecule has 0 saturated carbocycles. The highest BCUT2D eigenvalue weighted by Gasteiger charge is 2.45. The summed E-state index contributed by atoms with van der Waals surface area (Å²) in [6.45, 7) is 11.7. The molecule has 160 valence electrons. The van der Waals surface area contributed by atoms with Crippen LogP contribution < -0.4 is 4.90 Å². The summed E-state index contributed by atoms with van der Waals surface area (Å²) in [6, 6.07) is 11.2. The van der Waals surface area contributed by atoms with Gasteiger partial charge in [-0.1, -0.05) is 43.0 Å². The molecule has 0 spiro atoms. The van der Waals surface area contributed by atoms with Crippen molar-refractivity contribution in [1.82, 2.24) is 0 Å². The van der Waals surface area contributed by atoms with Gasteiger partial charge in [-0.05, 0) is 68.0 Å². The van der Waals surface area contributed by atoms with Crippen LogP contribution in [0, 0.1) is 26.6 Å². The summed E-state index contributed by atoms with van der Waals surface area (Å²) < 4.78 is 14.6. The van der Waals surface area contributed by atoms with Gasteiger partial charge in [0.05, 0.1) is 11.1 Å². The van der Waals surface area contributed by atoms with Crippen LogP contribution in [0.25, 0.3) is 0 Å². The zero-order valence-corrected chi connectivity index (χ0v) is 18.8. The minimum absolute atomic E-state index is 0.134. The zero-order chi connectivity index (χ0) is 22.6. The summed E-state index contributed by atoms with van der Waals surface area (Å²) in [5.74, 6) is -0.125. The smallest absolute Gasteiger partial charge is 0.147 e. The quantitative estimate of drug-likeness (QED) is 0.703. The fourth-order valence-corrected chi connectivity index (χ4v) is 4.49. The Morgan fingerprint density at radius 1 is 1.10 bits per heavy atom. The number of hydrogen-bond acceptors (Lipinski definition) is 3. The van der Waals surface area contributed by atoms with Gasteiger partial charge in [-0.25, -0.2) is 4.39 Å². The molecular formula is C26H32FNO2. The van der Waals surface area contributed by atoms with E-state index in [2.05, 4.69) is 32.6 Å². The number of carbonyl (C=O) groups excluding carboxylic acids is 1. The molecule has 2 aromatic carbocycles. The number of aliphatic hydroxyl groups excluding tert-OH is 1. The Balaban J connectivity index is 0.00000155. The van der Waals surface area contributed by atoms with Crippen LogP contribution in [0.3, 0.4) is 0 Å². The number of benzene rings is 2. The first kappa shape index (κ1) is 23.6. The number of allylic oxidation sites excluding steroid dienone is 3. The second kappa shape index (κ2) is 9.40. The van der Waals surface area contributed by atoms with E-state index in [1.165, 1.54) is 11.6 Å². The highest BCUT2D eigenvalue weighted by Crippen LogP contribution is 2.48. The highest BCUT2D eigenvalue weighted by molar-refractivity contribution is 5.91. The first-order valence-electron chi connectivity index (χ1n) is 10.1. The van der Waals surface area contributed by atoms with E-state index >= 15 is 0 Å². The standard InChI is InChI=1S/C25H28FNO.CH4O/c1-7-20-14-25(19(5)28,21-12-8-10-16(2)18(21)4)15-23(20)27(6)24-17(3)11-9-13-22(24)26;1-2/h7-13H,1,14-15H2,2-6H3;2H,1H3/t25-;/m1./s1. The molecule has 0 aliphatic heterocycles. The van der Waals surface area contributed by atoms with Crippen LogP contribution in [0.2, 0.25) is 0 Å². The summed E-state index contributed by atoms with van der Waals surface area (Å²) in [5, 5.41) is 7.00. The maximum atomic E-state index is 14.6. The van der Waals surface area contributed by atoms with Gasteiger partial charge in [0.15, 0.2) is 0 Å². The van der Waals surface area contributed by atoms with Gasteiger partial charge in [0.1, 0.15) is 11.6 Å². The molecule has 0 aromatic heterocycles. The molecule has 2 aromatic rings. The van der Waals surface area contributed by atoms with E-state index in [0.29, 0.717) is 18.5 Å². The third-order valence-corrected chi connectivity index (χ3v) is 6.30. The van der Waals surface area contributed by atoms with Crippen LogP contribution in [0.15, 0.2) is 60.3 Å². The van der Waals surface area contributed by atoms with Crippen LogP contribution in [0.1, 0.15) is 42.0 Å². The number of aliphatic hydroxyl groups is 1. The molecule has 3 nitrogen and oxygen atoms in total. The molecule has 4 heteroatoms. The van der Waals surface area contributed by atoms with Crippen molar-refractivity contribution in [2.75, 3.05) is 19.1 Å². The fraction of sp³-hybridized carbons (Fsp3) is 0.346. The average molecular weight is 410 g/mol. The van der Waals surface area contributed by atoms with E-state index in [-0.39, 0.29) is 11.6 Å². The molecule has 0 amide bonds. The lowest BCUT2D eigenvalue weighted by atomic mass is 9.72. The molecule has 0 radical (unpaired) electrons. The Morgan fingerprint density at radius 2 is 1.70 bits per heavy atom. The number of aryl methyl sites for hydroxylation is 2. The van der Waals surface area contributed by atoms with E-state index in [1.54, 1.807) is 13.0 Å². The minimum atomic E-state index is -0.637. The Kier molecular flexibility index (Phi) is 7.38. The van der Waals surface area contributed by atoms with E-state index < -0.39 is 5.41 Å². The number of rotatable bonds is 5. The van der Waals surface area contributed by atoms with E-state index in [1.807, 2.05) is 37.1 Å². The van der Waals surface area contributed by atoms with Crippen molar-refractivity contribution < 1.29 is 14.3 Å². The zero-order valence-electron chi connectivity index (χ0n) is 18.8. The fourth-order valence-electron chi connectivity index (χ4n) is 4.49. The van der Waals surface area contributed by atoms with Crippen LogP contribution >= 0.6 is 0 Å². The van der Waals surface area contributed by atoms with Gasteiger partial charge < -0.3 is 10.0 Å². The molecule has 1 aliphatic carbocycles. The van der Waals surface area contributed by atoms with Crippen molar-refractivity contribution in [1.29, 1.82) is 0 Å². The molecule has 1 aliphatic rings. The largest absolute Gasteiger partial charge is 0.400 e. The number of hydrogen-bond donors (Lipinski definition) is 1. The van der Waals surface area contributed by atoms with Gasteiger partial charge in [0.25, 0.3) is 0 Å². The number of para-hydroxylation sites is 1. The predicted octanol–water partition coefficient (Wildman–Crippen LogP) is 5.56. The normalized spacial score (nSPS) is 18.0. The highest BCUT2D eigenvalue weighted by atomic mass is 19.1. The van der Waals surface area contributed by atoms with Crippen molar-refractivity contribution >= 4 is 11.5 Å². The van der Waals surface area contributed by atoms with E-state index in [0.717, 1.165) is 35.1 Å². The Hall–Kier alpha value is -2.72. The number of ketones is 1. The van der Waals surface area contributed by atoms with E-state index in [9.17, 15) is 9.18 Å². The van der Waals surface area contributed by atoms with Gasteiger partial charge >= 0.3 is 0 Å². The maximum absolute atomic E-state index is 14.6. The number of carbonyl (C=O) groups is 1. The van der Waals surface area contributed by atoms with Gasteiger partial charge in [-0.15, -0.1) is 0 Å². The second-order valence-electron chi connectivity index (χ2n) is 7.88. The van der Waals surface area contributed by atoms with Crippen molar-refractivity contribution in [3.05, 3.63) is 88.4 Å². The summed E-state index contributed by atoms with van der Waals surface area (Å²) in [4.78, 5) is 14.9. The van der Waals surface area contributed by atoms with Crippen molar-refractivity contribution in [2.24, 2.45) is 0 Å². The first-order valence-corrected chi connectivity index (χ1v) is 10.1. The molecule has 30 heavy (non-hydrogen) atoms. The number of halogens is 1. The van der Waals surface area contributed by atoms with Gasteiger partial charge in [0, 0.05) is 26.3 Å². The lowest BCUT2D eigenvalue weighted by Crippen LogP contribution is -2.34. The molecule has 0 saturated heterocycles. The topological polar surface area (TPSA) is 40.5 Å². The molecule has 0 unspecified atom stereocenters. The average Bonchev–Trinajstić information content (AvgIpc) is 3.12. The van der Waals surface area contributed by atoms with Crippen LogP contribution in [-0.4, -0.2) is 25.0 Å². The van der Waals surface area contributed by atoms with Gasteiger partial charge in [0.2, 0.25) is 0 Å². The molecule has 1 N–H and O–H groups in total. The van der Waals surface area contributed by atoms with Gasteiger partial charge in [-0.2, -0.15) is 0 Å². The van der Waals surface area contributed by atoms with E-state index in [4.69, 9.17) is 5.11 Å².